The lowest BCUT2D eigenvalue weighted by Crippen LogP contribution is -2.13. The van der Waals surface area contributed by atoms with Crippen LogP contribution >= 0.6 is 27.3 Å². The monoisotopic (exact) mass is 330 g/mol. The molecule has 0 aliphatic carbocycles. The number of methoxy groups -OCH3 is 1. The molecule has 2 heterocycles. The number of hydrazine groups is 1. The minimum atomic E-state index is 0.202. The van der Waals surface area contributed by atoms with Crippen molar-refractivity contribution in [3.05, 3.63) is 20.8 Å². The fraction of sp³-hybridized carbons (Fsp3) is 0.222. The fourth-order valence-corrected chi connectivity index (χ4v) is 2.59. The standard InChI is InChI=1S/C9H11BrN6OS/c1-17-9-14-7(13-8(15-9)16-11)12-3-6-2-5(10)4-18-6/h2,4H,3,11H2,1H3,(H2,12,13,14,15,16). The van der Waals surface area contributed by atoms with Crippen LogP contribution in [0.2, 0.25) is 0 Å². The van der Waals surface area contributed by atoms with Gasteiger partial charge in [0.2, 0.25) is 11.9 Å². The second-order valence-electron chi connectivity index (χ2n) is 3.20. The van der Waals surface area contributed by atoms with Gasteiger partial charge < -0.3 is 10.1 Å². The van der Waals surface area contributed by atoms with E-state index in [4.69, 9.17) is 10.6 Å². The van der Waals surface area contributed by atoms with Gasteiger partial charge in [-0.25, -0.2) is 5.84 Å². The van der Waals surface area contributed by atoms with Crippen LogP contribution in [0.15, 0.2) is 15.9 Å². The molecule has 0 radical (unpaired) electrons. The number of nitrogens with zero attached hydrogens (tertiary/aromatic N) is 3. The molecule has 0 saturated heterocycles. The first-order valence-electron chi connectivity index (χ1n) is 4.94. The van der Waals surface area contributed by atoms with Crippen molar-refractivity contribution < 1.29 is 4.74 Å². The highest BCUT2D eigenvalue weighted by molar-refractivity contribution is 9.10. The van der Waals surface area contributed by atoms with E-state index in [0.717, 1.165) is 9.35 Å². The van der Waals surface area contributed by atoms with E-state index < -0.39 is 0 Å². The summed E-state index contributed by atoms with van der Waals surface area (Å²) in [4.78, 5) is 13.2. The molecule has 0 atom stereocenters. The highest BCUT2D eigenvalue weighted by atomic mass is 79.9. The number of rotatable bonds is 5. The van der Waals surface area contributed by atoms with E-state index in [2.05, 4.69) is 41.6 Å². The Morgan fingerprint density at radius 1 is 1.39 bits per heavy atom. The molecule has 7 nitrogen and oxygen atoms in total. The Labute approximate surface area is 116 Å². The molecule has 2 aromatic rings. The Hall–Kier alpha value is -1.45. The van der Waals surface area contributed by atoms with Gasteiger partial charge in [0, 0.05) is 14.7 Å². The van der Waals surface area contributed by atoms with Gasteiger partial charge in [0.15, 0.2) is 0 Å². The van der Waals surface area contributed by atoms with E-state index in [1.807, 2.05) is 11.4 Å². The van der Waals surface area contributed by atoms with Crippen LogP contribution in [0.4, 0.5) is 11.9 Å². The predicted octanol–water partition coefficient (Wildman–Crippen LogP) is 1.60. The van der Waals surface area contributed by atoms with Crippen molar-refractivity contribution in [2.75, 3.05) is 17.9 Å². The molecule has 0 amide bonds. The van der Waals surface area contributed by atoms with Crippen molar-refractivity contribution in [3.63, 3.8) is 0 Å². The summed E-state index contributed by atoms with van der Waals surface area (Å²) in [7, 11) is 1.48. The van der Waals surface area contributed by atoms with Gasteiger partial charge >= 0.3 is 6.01 Å². The molecular formula is C9H11BrN6OS. The van der Waals surface area contributed by atoms with E-state index in [-0.39, 0.29) is 12.0 Å². The Morgan fingerprint density at radius 3 is 2.78 bits per heavy atom. The van der Waals surface area contributed by atoms with Crippen molar-refractivity contribution in [2.45, 2.75) is 6.54 Å². The smallest absolute Gasteiger partial charge is 0.322 e. The zero-order chi connectivity index (χ0) is 13.0. The summed E-state index contributed by atoms with van der Waals surface area (Å²) in [6.45, 7) is 0.618. The molecule has 18 heavy (non-hydrogen) atoms. The zero-order valence-corrected chi connectivity index (χ0v) is 11.9. The predicted molar refractivity (Wildman–Crippen MR) is 73.5 cm³/mol. The number of halogens is 1. The number of ether oxygens (including phenoxy) is 1. The van der Waals surface area contributed by atoms with Crippen molar-refractivity contribution >= 4 is 39.2 Å². The molecule has 96 valence electrons. The summed E-state index contributed by atoms with van der Waals surface area (Å²) >= 11 is 5.04. The van der Waals surface area contributed by atoms with Gasteiger partial charge in [-0.15, -0.1) is 11.3 Å². The molecular weight excluding hydrogens is 320 g/mol. The van der Waals surface area contributed by atoms with Crippen molar-refractivity contribution in [1.29, 1.82) is 0 Å². The van der Waals surface area contributed by atoms with Crippen LogP contribution in [0.5, 0.6) is 6.01 Å². The molecule has 2 aromatic heterocycles. The first-order chi connectivity index (χ1) is 8.71. The molecule has 0 bridgehead atoms. The van der Waals surface area contributed by atoms with Gasteiger partial charge in [0.1, 0.15) is 0 Å². The largest absolute Gasteiger partial charge is 0.467 e. The Balaban J connectivity index is 2.08. The number of hydrogen-bond donors (Lipinski definition) is 3. The first kappa shape index (κ1) is 13.0. The highest BCUT2D eigenvalue weighted by Gasteiger charge is 2.06. The second-order valence-corrected chi connectivity index (χ2v) is 5.11. The third-order valence-electron chi connectivity index (χ3n) is 1.97. The average molecular weight is 331 g/mol. The third-order valence-corrected chi connectivity index (χ3v) is 3.67. The maximum Gasteiger partial charge on any atom is 0.322 e. The second kappa shape index (κ2) is 5.94. The fourth-order valence-electron chi connectivity index (χ4n) is 1.20. The summed E-state index contributed by atoms with van der Waals surface area (Å²) < 4.78 is 6.01. The molecule has 0 unspecified atom stereocenters. The summed E-state index contributed by atoms with van der Waals surface area (Å²) in [6, 6.07) is 2.23. The lowest BCUT2D eigenvalue weighted by Gasteiger charge is -2.06. The van der Waals surface area contributed by atoms with Gasteiger partial charge in [-0.3, -0.25) is 5.43 Å². The lowest BCUT2D eigenvalue weighted by atomic mass is 10.5. The molecule has 0 aliphatic heterocycles. The molecule has 0 fully saturated rings. The van der Waals surface area contributed by atoms with Gasteiger partial charge in [-0.05, 0) is 22.0 Å². The van der Waals surface area contributed by atoms with Gasteiger partial charge in [-0.1, -0.05) is 0 Å². The maximum atomic E-state index is 5.26. The van der Waals surface area contributed by atoms with Crippen LogP contribution in [-0.2, 0) is 6.54 Å². The van der Waals surface area contributed by atoms with Crippen LogP contribution in [0, 0.1) is 0 Å². The number of aromatic nitrogens is 3. The Bertz CT molecular complexity index is 511. The Morgan fingerprint density at radius 2 is 2.17 bits per heavy atom. The number of anilines is 2. The number of nitrogen functional groups attached to an aromatic ring is 1. The van der Waals surface area contributed by atoms with Crippen LogP contribution < -0.4 is 21.3 Å². The quantitative estimate of drug-likeness (QED) is 0.565. The molecule has 0 spiro atoms. The van der Waals surface area contributed by atoms with E-state index in [9.17, 15) is 0 Å². The van der Waals surface area contributed by atoms with Gasteiger partial charge in [0.25, 0.3) is 0 Å². The minimum Gasteiger partial charge on any atom is -0.467 e. The van der Waals surface area contributed by atoms with Crippen LogP contribution in [-0.4, -0.2) is 22.1 Å². The maximum absolute atomic E-state index is 5.26. The summed E-state index contributed by atoms with van der Waals surface area (Å²) in [5.74, 6) is 5.91. The molecule has 9 heteroatoms. The lowest BCUT2D eigenvalue weighted by molar-refractivity contribution is 0.379. The summed E-state index contributed by atoms with van der Waals surface area (Å²) in [5, 5.41) is 5.09. The van der Waals surface area contributed by atoms with Crippen LogP contribution in [0.3, 0.4) is 0 Å². The van der Waals surface area contributed by atoms with E-state index in [1.54, 1.807) is 11.3 Å². The SMILES string of the molecule is COc1nc(NN)nc(NCc2cc(Br)cs2)n1. The van der Waals surface area contributed by atoms with E-state index >= 15 is 0 Å². The highest BCUT2D eigenvalue weighted by Crippen LogP contribution is 2.20. The summed E-state index contributed by atoms with van der Waals surface area (Å²) in [6.07, 6.45) is 0. The molecule has 2 rings (SSSR count). The Kier molecular flexibility index (Phi) is 4.28. The number of hydrogen-bond acceptors (Lipinski definition) is 8. The first-order valence-corrected chi connectivity index (χ1v) is 6.62. The molecule has 4 N–H and O–H groups in total. The molecule has 0 saturated carbocycles. The van der Waals surface area contributed by atoms with Crippen molar-refractivity contribution in [2.24, 2.45) is 5.84 Å². The minimum absolute atomic E-state index is 0.202. The average Bonchev–Trinajstić information content (AvgIpc) is 2.81. The van der Waals surface area contributed by atoms with Gasteiger partial charge in [-0.2, -0.15) is 15.0 Å². The van der Waals surface area contributed by atoms with Crippen molar-refractivity contribution in [1.82, 2.24) is 15.0 Å². The van der Waals surface area contributed by atoms with Crippen molar-refractivity contribution in [3.8, 4) is 6.01 Å². The molecule has 0 aromatic carbocycles. The topological polar surface area (TPSA) is 98.0 Å². The number of thiophene rings is 1. The number of nitrogens with one attached hydrogen (secondary N) is 2. The molecule has 0 aliphatic rings. The summed E-state index contributed by atoms with van der Waals surface area (Å²) in [5.41, 5.74) is 2.36. The number of nitrogens with two attached hydrogens (primary N) is 1. The van der Waals surface area contributed by atoms with E-state index in [1.165, 1.54) is 7.11 Å². The third kappa shape index (κ3) is 3.28. The normalized spacial score (nSPS) is 10.2. The van der Waals surface area contributed by atoms with E-state index in [0.29, 0.717) is 12.5 Å². The van der Waals surface area contributed by atoms with Crippen LogP contribution in [0.25, 0.3) is 0 Å². The zero-order valence-electron chi connectivity index (χ0n) is 9.48. The van der Waals surface area contributed by atoms with Gasteiger partial charge in [0.05, 0.1) is 13.7 Å². The van der Waals surface area contributed by atoms with Crippen LogP contribution in [0.1, 0.15) is 4.88 Å².